The van der Waals surface area contributed by atoms with E-state index in [4.69, 9.17) is 4.18 Å². The Morgan fingerprint density at radius 2 is 1.66 bits per heavy atom. The molecule has 0 saturated carbocycles. The molecule has 0 spiro atoms. The Labute approximate surface area is 169 Å². The fourth-order valence-electron chi connectivity index (χ4n) is 2.61. The van der Waals surface area contributed by atoms with Crippen LogP contribution in [0.25, 0.3) is 10.4 Å². The van der Waals surface area contributed by atoms with Crippen LogP contribution in [0.2, 0.25) is 0 Å². The molecule has 3 aromatic rings. The Balaban J connectivity index is 2.14. The maximum absolute atomic E-state index is 12.9. The summed E-state index contributed by atoms with van der Waals surface area (Å²) >= 11 is 1.24. The third-order valence-corrected chi connectivity index (χ3v) is 6.37. The van der Waals surface area contributed by atoms with Crippen LogP contribution >= 0.6 is 11.3 Å². The zero-order chi connectivity index (χ0) is 21.3. The number of hydrogen-bond donors (Lipinski definition) is 0. The molecule has 1 aromatic heterocycles. The number of nitro benzene ring substituents is 2. The number of aryl methyl sites for hydroxylation is 2. The predicted molar refractivity (Wildman–Crippen MR) is 107 cm³/mol. The number of benzene rings is 2. The summed E-state index contributed by atoms with van der Waals surface area (Å²) in [6.07, 6.45) is 0. The topological polar surface area (TPSA) is 130 Å². The summed E-state index contributed by atoms with van der Waals surface area (Å²) < 4.78 is 31.0. The molecule has 2 aromatic carbocycles. The van der Waals surface area contributed by atoms with E-state index < -0.39 is 30.5 Å². The molecule has 150 valence electrons. The highest BCUT2D eigenvalue weighted by molar-refractivity contribution is 7.87. The van der Waals surface area contributed by atoms with Crippen molar-refractivity contribution < 1.29 is 22.4 Å². The van der Waals surface area contributed by atoms with Gasteiger partial charge in [-0.2, -0.15) is 8.42 Å². The summed E-state index contributed by atoms with van der Waals surface area (Å²) in [4.78, 5) is 21.0. The van der Waals surface area contributed by atoms with Crippen LogP contribution in [-0.2, 0) is 10.1 Å². The number of nitrogens with zero attached hydrogens (tertiary/aromatic N) is 2. The maximum Gasteiger partial charge on any atom is 0.346 e. The van der Waals surface area contributed by atoms with Gasteiger partial charge in [-0.25, -0.2) is 0 Å². The highest BCUT2D eigenvalue weighted by atomic mass is 32.2. The first-order valence-electron chi connectivity index (χ1n) is 8.12. The van der Waals surface area contributed by atoms with Crippen molar-refractivity contribution in [3.8, 4) is 16.2 Å². The minimum Gasteiger partial charge on any atom is -0.378 e. The summed E-state index contributed by atoms with van der Waals surface area (Å²) in [5.74, 6) is -0.162. The van der Waals surface area contributed by atoms with Crippen molar-refractivity contribution in [2.45, 2.75) is 18.7 Å². The molecule has 0 aliphatic carbocycles. The molecule has 0 aliphatic rings. The lowest BCUT2D eigenvalue weighted by Crippen LogP contribution is -2.13. The number of nitro groups is 2. The first kappa shape index (κ1) is 20.4. The lowest BCUT2D eigenvalue weighted by molar-refractivity contribution is -0.388. The second kappa shape index (κ2) is 7.60. The van der Waals surface area contributed by atoms with E-state index in [1.807, 2.05) is 0 Å². The predicted octanol–water partition coefficient (Wildman–Crippen LogP) is 4.62. The van der Waals surface area contributed by atoms with Crippen molar-refractivity contribution in [2.75, 3.05) is 0 Å². The van der Waals surface area contributed by atoms with E-state index in [1.54, 1.807) is 31.4 Å². The van der Waals surface area contributed by atoms with Gasteiger partial charge in [0.15, 0.2) is 10.6 Å². The van der Waals surface area contributed by atoms with Gasteiger partial charge in [0, 0.05) is 28.6 Å². The lowest BCUT2D eigenvalue weighted by atomic mass is 10.1. The number of hydrogen-bond acceptors (Lipinski definition) is 8. The lowest BCUT2D eigenvalue weighted by Gasteiger charge is -2.12. The number of thiophene rings is 1. The third kappa shape index (κ3) is 4.10. The van der Waals surface area contributed by atoms with Crippen molar-refractivity contribution in [2.24, 2.45) is 0 Å². The van der Waals surface area contributed by atoms with Gasteiger partial charge >= 0.3 is 10.1 Å². The molecule has 0 radical (unpaired) electrons. The van der Waals surface area contributed by atoms with E-state index in [1.165, 1.54) is 29.5 Å². The molecule has 0 N–H and O–H groups in total. The standard InChI is InChI=1S/C18H14N2O7S2/c1-11-8-15(20(23)24)18(9-12(11)2)29(25,26)27-16-6-5-13(19(21)22)10-14(16)17-4-3-7-28-17/h3-10H,1-2H3. The van der Waals surface area contributed by atoms with Crippen molar-refractivity contribution in [1.82, 2.24) is 0 Å². The van der Waals surface area contributed by atoms with Crippen LogP contribution in [-0.4, -0.2) is 18.3 Å². The summed E-state index contributed by atoms with van der Waals surface area (Å²) in [5.41, 5.74) is 0.456. The molecule has 29 heavy (non-hydrogen) atoms. The summed E-state index contributed by atoms with van der Waals surface area (Å²) in [6.45, 7) is 3.26. The molecule has 0 unspecified atom stereocenters. The van der Waals surface area contributed by atoms with Crippen molar-refractivity contribution in [3.05, 3.63) is 79.2 Å². The minimum absolute atomic E-state index is 0.162. The zero-order valence-corrected chi connectivity index (χ0v) is 16.8. The smallest absolute Gasteiger partial charge is 0.346 e. The second-order valence-electron chi connectivity index (χ2n) is 6.11. The molecular formula is C18H14N2O7S2. The van der Waals surface area contributed by atoms with Crippen LogP contribution in [0.15, 0.2) is 52.7 Å². The summed E-state index contributed by atoms with van der Waals surface area (Å²) in [7, 11) is -4.58. The van der Waals surface area contributed by atoms with Crippen LogP contribution in [0.1, 0.15) is 11.1 Å². The maximum atomic E-state index is 12.9. The first-order chi connectivity index (χ1) is 13.6. The van der Waals surface area contributed by atoms with E-state index in [0.29, 0.717) is 16.0 Å². The van der Waals surface area contributed by atoms with E-state index in [9.17, 15) is 28.6 Å². The fourth-order valence-corrected chi connectivity index (χ4v) is 4.54. The quantitative estimate of drug-likeness (QED) is 0.314. The molecule has 0 bridgehead atoms. The Kier molecular flexibility index (Phi) is 5.36. The van der Waals surface area contributed by atoms with Gasteiger partial charge in [-0.15, -0.1) is 11.3 Å². The Bertz CT molecular complexity index is 1220. The average molecular weight is 434 g/mol. The number of rotatable bonds is 6. The van der Waals surface area contributed by atoms with Crippen LogP contribution in [0, 0.1) is 34.1 Å². The molecular weight excluding hydrogens is 420 g/mol. The van der Waals surface area contributed by atoms with E-state index in [-0.39, 0.29) is 17.0 Å². The molecule has 9 nitrogen and oxygen atoms in total. The highest BCUT2D eigenvalue weighted by Crippen LogP contribution is 2.38. The van der Waals surface area contributed by atoms with Crippen LogP contribution in [0.5, 0.6) is 5.75 Å². The number of non-ortho nitro benzene ring substituents is 1. The minimum atomic E-state index is -4.58. The van der Waals surface area contributed by atoms with Crippen molar-refractivity contribution in [1.29, 1.82) is 0 Å². The molecule has 0 amide bonds. The summed E-state index contributed by atoms with van der Waals surface area (Å²) in [6, 6.07) is 9.17. The monoisotopic (exact) mass is 434 g/mol. The van der Waals surface area contributed by atoms with E-state index >= 15 is 0 Å². The zero-order valence-electron chi connectivity index (χ0n) is 15.2. The first-order valence-corrected chi connectivity index (χ1v) is 10.4. The molecule has 0 fully saturated rings. The van der Waals surface area contributed by atoms with Crippen molar-refractivity contribution in [3.63, 3.8) is 0 Å². The van der Waals surface area contributed by atoms with Crippen LogP contribution < -0.4 is 4.18 Å². The molecule has 0 atom stereocenters. The molecule has 0 saturated heterocycles. The molecule has 11 heteroatoms. The Morgan fingerprint density at radius 3 is 2.24 bits per heavy atom. The Hall–Kier alpha value is -3.31. The molecule has 3 rings (SSSR count). The molecule has 0 aliphatic heterocycles. The highest BCUT2D eigenvalue weighted by Gasteiger charge is 2.30. The van der Waals surface area contributed by atoms with Gasteiger partial charge in [-0.3, -0.25) is 20.2 Å². The van der Waals surface area contributed by atoms with Gasteiger partial charge in [0.2, 0.25) is 0 Å². The van der Waals surface area contributed by atoms with Crippen LogP contribution in [0.4, 0.5) is 11.4 Å². The van der Waals surface area contributed by atoms with Gasteiger partial charge in [-0.05, 0) is 48.6 Å². The van der Waals surface area contributed by atoms with Gasteiger partial charge in [0.1, 0.15) is 0 Å². The Morgan fingerprint density at radius 1 is 0.966 bits per heavy atom. The van der Waals surface area contributed by atoms with Crippen molar-refractivity contribution >= 4 is 32.8 Å². The van der Waals surface area contributed by atoms with Gasteiger partial charge in [0.25, 0.3) is 11.4 Å². The normalized spacial score (nSPS) is 11.2. The SMILES string of the molecule is Cc1cc([N+](=O)[O-])c(S(=O)(=O)Oc2ccc([N+](=O)[O-])cc2-c2cccs2)cc1C. The van der Waals surface area contributed by atoms with Gasteiger partial charge < -0.3 is 4.18 Å². The van der Waals surface area contributed by atoms with E-state index in [0.717, 1.165) is 12.1 Å². The van der Waals surface area contributed by atoms with Gasteiger partial charge in [-0.1, -0.05) is 6.07 Å². The summed E-state index contributed by atoms with van der Waals surface area (Å²) in [5, 5.41) is 24.2. The molecule has 1 heterocycles. The average Bonchev–Trinajstić information content (AvgIpc) is 3.17. The largest absolute Gasteiger partial charge is 0.378 e. The van der Waals surface area contributed by atoms with E-state index in [2.05, 4.69) is 0 Å². The second-order valence-corrected chi connectivity index (χ2v) is 8.58. The van der Waals surface area contributed by atoms with Gasteiger partial charge in [0.05, 0.1) is 9.85 Å². The fraction of sp³-hybridized carbons (Fsp3) is 0.111. The third-order valence-electron chi connectivity index (χ3n) is 4.20. The van der Waals surface area contributed by atoms with Crippen LogP contribution in [0.3, 0.4) is 0 Å².